The Kier molecular flexibility index (Phi) is 5.54. The van der Waals surface area contributed by atoms with Gasteiger partial charge in [0, 0.05) is 17.9 Å². The zero-order chi connectivity index (χ0) is 14.5. The number of rotatable bonds is 6. The van der Waals surface area contributed by atoms with Crippen molar-refractivity contribution >= 4 is 5.97 Å². The lowest BCUT2D eigenvalue weighted by molar-refractivity contribution is -0.147. The molecule has 5 heteroatoms. The van der Waals surface area contributed by atoms with Gasteiger partial charge in [0.1, 0.15) is 11.9 Å². The number of carbonyl (C=O) groups is 1. The zero-order valence-corrected chi connectivity index (χ0v) is 12.6. The molecular formula is C14H25N3O2. The van der Waals surface area contributed by atoms with E-state index in [9.17, 15) is 4.79 Å². The van der Waals surface area contributed by atoms with Gasteiger partial charge in [-0.3, -0.25) is 0 Å². The number of hydrogen-bond donors (Lipinski definition) is 1. The normalized spacial score (nSPS) is 13.3. The molecule has 0 bridgehead atoms. The summed E-state index contributed by atoms with van der Waals surface area (Å²) in [5.74, 6) is 0.662. The van der Waals surface area contributed by atoms with Crippen molar-refractivity contribution < 1.29 is 9.53 Å². The van der Waals surface area contributed by atoms with E-state index in [1.54, 1.807) is 6.20 Å². The summed E-state index contributed by atoms with van der Waals surface area (Å²) in [6, 6.07) is -0.292. The fraction of sp³-hybridized carbons (Fsp3) is 0.714. The first-order valence-corrected chi connectivity index (χ1v) is 6.82. The Labute approximate surface area is 115 Å². The molecule has 0 fully saturated rings. The molecule has 19 heavy (non-hydrogen) atoms. The molecule has 108 valence electrons. The highest BCUT2D eigenvalue weighted by atomic mass is 16.5. The molecule has 1 aromatic rings. The Morgan fingerprint density at radius 2 is 2.16 bits per heavy atom. The van der Waals surface area contributed by atoms with Gasteiger partial charge >= 0.3 is 5.97 Å². The molecule has 0 aromatic carbocycles. The molecular weight excluding hydrogens is 242 g/mol. The smallest absolute Gasteiger partial charge is 0.329 e. The Balaban J connectivity index is 2.82. The standard InChI is InChI=1S/C14H25N3O2/c1-6-11(13(18)19-7-2)17-9-8-15-12(17)10-16-14(3,4)5/h8-9,11,16H,6-7,10H2,1-5H3. The predicted octanol–water partition coefficient (Wildman–Crippen LogP) is 2.29. The Morgan fingerprint density at radius 1 is 1.47 bits per heavy atom. The Hall–Kier alpha value is -1.36. The number of imidazole rings is 1. The summed E-state index contributed by atoms with van der Waals surface area (Å²) in [5.41, 5.74) is 0.0163. The summed E-state index contributed by atoms with van der Waals surface area (Å²) in [4.78, 5) is 16.3. The number of carbonyl (C=O) groups excluding carboxylic acids is 1. The molecule has 0 saturated heterocycles. The van der Waals surface area contributed by atoms with Gasteiger partial charge in [-0.2, -0.15) is 0 Å². The third-order valence-corrected chi connectivity index (χ3v) is 2.81. The van der Waals surface area contributed by atoms with Crippen molar-refractivity contribution in [3.63, 3.8) is 0 Å². The van der Waals surface area contributed by atoms with Gasteiger partial charge in [0.25, 0.3) is 0 Å². The van der Waals surface area contributed by atoms with Crippen molar-refractivity contribution in [1.29, 1.82) is 0 Å². The van der Waals surface area contributed by atoms with E-state index in [0.29, 0.717) is 19.6 Å². The molecule has 0 saturated carbocycles. The van der Waals surface area contributed by atoms with Crippen molar-refractivity contribution in [2.75, 3.05) is 6.61 Å². The molecule has 0 aliphatic carbocycles. The van der Waals surface area contributed by atoms with E-state index in [1.807, 2.05) is 24.6 Å². The van der Waals surface area contributed by atoms with Crippen LogP contribution in [0.1, 0.15) is 52.9 Å². The van der Waals surface area contributed by atoms with E-state index >= 15 is 0 Å². The molecule has 1 unspecified atom stereocenters. The molecule has 1 heterocycles. The molecule has 5 nitrogen and oxygen atoms in total. The van der Waals surface area contributed by atoms with E-state index < -0.39 is 0 Å². The topological polar surface area (TPSA) is 56.2 Å². The van der Waals surface area contributed by atoms with Gasteiger partial charge in [-0.15, -0.1) is 0 Å². The number of esters is 1. The fourth-order valence-electron chi connectivity index (χ4n) is 1.82. The Morgan fingerprint density at radius 3 is 2.68 bits per heavy atom. The van der Waals surface area contributed by atoms with Crippen LogP contribution in [0.4, 0.5) is 0 Å². The first-order valence-electron chi connectivity index (χ1n) is 6.82. The van der Waals surface area contributed by atoms with Crippen LogP contribution in [0.15, 0.2) is 12.4 Å². The first kappa shape index (κ1) is 15.7. The summed E-state index contributed by atoms with van der Waals surface area (Å²) in [7, 11) is 0. The lowest BCUT2D eigenvalue weighted by Gasteiger charge is -2.22. The highest BCUT2D eigenvalue weighted by molar-refractivity contribution is 5.74. The zero-order valence-electron chi connectivity index (χ0n) is 12.6. The van der Waals surface area contributed by atoms with Crippen LogP contribution >= 0.6 is 0 Å². The molecule has 0 spiro atoms. The van der Waals surface area contributed by atoms with Gasteiger partial charge in [-0.1, -0.05) is 6.92 Å². The molecule has 1 atom stereocenters. The molecule has 1 N–H and O–H groups in total. The molecule has 0 aliphatic heterocycles. The predicted molar refractivity (Wildman–Crippen MR) is 74.8 cm³/mol. The van der Waals surface area contributed by atoms with Gasteiger partial charge in [-0.05, 0) is 34.1 Å². The summed E-state index contributed by atoms with van der Waals surface area (Å²) in [6.45, 7) is 11.1. The highest BCUT2D eigenvalue weighted by Gasteiger charge is 2.22. The van der Waals surface area contributed by atoms with Gasteiger partial charge < -0.3 is 14.6 Å². The first-order chi connectivity index (χ1) is 8.89. The lowest BCUT2D eigenvalue weighted by atomic mass is 10.1. The van der Waals surface area contributed by atoms with Gasteiger partial charge in [0.15, 0.2) is 0 Å². The van der Waals surface area contributed by atoms with E-state index in [0.717, 1.165) is 5.82 Å². The summed E-state index contributed by atoms with van der Waals surface area (Å²) >= 11 is 0. The van der Waals surface area contributed by atoms with E-state index in [1.165, 1.54) is 0 Å². The Bertz CT molecular complexity index is 407. The van der Waals surface area contributed by atoms with Crippen LogP contribution in [0.3, 0.4) is 0 Å². The van der Waals surface area contributed by atoms with Crippen LogP contribution in [0, 0.1) is 0 Å². The van der Waals surface area contributed by atoms with Crippen molar-refractivity contribution in [3.8, 4) is 0 Å². The van der Waals surface area contributed by atoms with Gasteiger partial charge in [0.05, 0.1) is 13.2 Å². The van der Waals surface area contributed by atoms with Crippen LogP contribution in [-0.2, 0) is 16.1 Å². The van der Waals surface area contributed by atoms with E-state index in [4.69, 9.17) is 4.74 Å². The average molecular weight is 267 g/mol. The van der Waals surface area contributed by atoms with Crippen LogP contribution in [0.5, 0.6) is 0 Å². The maximum absolute atomic E-state index is 11.9. The lowest BCUT2D eigenvalue weighted by Crippen LogP contribution is -2.36. The maximum atomic E-state index is 11.9. The minimum atomic E-state index is -0.292. The highest BCUT2D eigenvalue weighted by Crippen LogP contribution is 2.16. The van der Waals surface area contributed by atoms with Gasteiger partial charge in [-0.25, -0.2) is 9.78 Å². The monoisotopic (exact) mass is 267 g/mol. The van der Waals surface area contributed by atoms with Crippen LogP contribution in [0.25, 0.3) is 0 Å². The van der Waals surface area contributed by atoms with Crippen molar-refractivity contribution in [3.05, 3.63) is 18.2 Å². The molecule has 1 aromatic heterocycles. The SMILES string of the molecule is CCOC(=O)C(CC)n1ccnc1CNC(C)(C)C. The van der Waals surface area contributed by atoms with Crippen molar-refractivity contribution in [2.45, 2.75) is 59.2 Å². The minimum absolute atomic E-state index is 0.0163. The largest absolute Gasteiger partial charge is 0.464 e. The molecule has 0 amide bonds. The molecule has 1 rings (SSSR count). The second-order valence-electron chi connectivity index (χ2n) is 5.53. The number of nitrogens with zero attached hydrogens (tertiary/aromatic N) is 2. The maximum Gasteiger partial charge on any atom is 0.329 e. The van der Waals surface area contributed by atoms with E-state index in [-0.39, 0.29) is 17.6 Å². The quantitative estimate of drug-likeness (QED) is 0.803. The number of aromatic nitrogens is 2. The molecule has 0 aliphatic rings. The van der Waals surface area contributed by atoms with Crippen LogP contribution in [-0.4, -0.2) is 27.7 Å². The van der Waals surface area contributed by atoms with Crippen molar-refractivity contribution in [1.82, 2.24) is 14.9 Å². The number of ether oxygens (including phenoxy) is 1. The number of hydrogen-bond acceptors (Lipinski definition) is 4. The third kappa shape index (κ3) is 4.67. The van der Waals surface area contributed by atoms with E-state index in [2.05, 4.69) is 31.1 Å². The second-order valence-corrected chi connectivity index (χ2v) is 5.53. The summed E-state index contributed by atoms with van der Waals surface area (Å²) in [5, 5.41) is 3.38. The van der Waals surface area contributed by atoms with Gasteiger partial charge in [0.2, 0.25) is 0 Å². The minimum Gasteiger partial charge on any atom is -0.464 e. The summed E-state index contributed by atoms with van der Waals surface area (Å²) in [6.07, 6.45) is 4.25. The average Bonchev–Trinajstić information content (AvgIpc) is 2.75. The number of nitrogens with one attached hydrogen (secondary N) is 1. The second kappa shape index (κ2) is 6.70. The fourth-order valence-corrected chi connectivity index (χ4v) is 1.82. The molecule has 0 radical (unpaired) electrons. The van der Waals surface area contributed by atoms with Crippen molar-refractivity contribution in [2.24, 2.45) is 0 Å². The summed E-state index contributed by atoms with van der Waals surface area (Å²) < 4.78 is 7.01. The van der Waals surface area contributed by atoms with Crippen LogP contribution < -0.4 is 5.32 Å². The van der Waals surface area contributed by atoms with Crippen LogP contribution in [0.2, 0.25) is 0 Å². The third-order valence-electron chi connectivity index (χ3n) is 2.81.